The average Bonchev–Trinajstić information content (AvgIpc) is 3.58. The van der Waals surface area contributed by atoms with Crippen molar-refractivity contribution in [2.24, 2.45) is 0 Å². The average molecular weight is 511 g/mol. The Morgan fingerprint density at radius 1 is 0.475 bits per heavy atom. The number of pyridine rings is 3. The van der Waals surface area contributed by atoms with E-state index in [4.69, 9.17) is 4.98 Å². The standard InChI is InChI=1S/C36H22N4/c1-5-13-29-24(8-1)22-33-25-9-2-3-10-26(25)35-31(39(29)33)16-17-32-36(35)27-11-4-6-14-30(27)40(32)34-15-7-12-28(38-34)23-18-20-37-21-19-23/h1-22H. The molecule has 0 aliphatic rings. The topological polar surface area (TPSA) is 35.1 Å². The minimum Gasteiger partial charge on any atom is -0.309 e. The maximum atomic E-state index is 5.14. The first-order chi connectivity index (χ1) is 19.9. The molecule has 9 aromatic rings. The molecule has 0 aliphatic heterocycles. The van der Waals surface area contributed by atoms with Crippen LogP contribution in [-0.2, 0) is 0 Å². The maximum absolute atomic E-state index is 5.14. The fraction of sp³-hybridized carbons (Fsp3) is 0. The zero-order chi connectivity index (χ0) is 26.2. The smallest absolute Gasteiger partial charge is 0.138 e. The molecule has 0 atom stereocenters. The van der Waals surface area contributed by atoms with E-state index in [-0.39, 0.29) is 0 Å². The third-order valence-electron chi connectivity index (χ3n) is 8.18. The Labute approximate surface area is 229 Å². The lowest BCUT2D eigenvalue weighted by Gasteiger charge is -2.13. The van der Waals surface area contributed by atoms with Gasteiger partial charge in [-0.3, -0.25) is 9.55 Å². The first-order valence-electron chi connectivity index (χ1n) is 13.5. The molecule has 0 N–H and O–H groups in total. The van der Waals surface area contributed by atoms with Crippen molar-refractivity contribution in [2.75, 3.05) is 0 Å². The van der Waals surface area contributed by atoms with Gasteiger partial charge >= 0.3 is 0 Å². The molecule has 0 bridgehead atoms. The molecule has 186 valence electrons. The molecule has 0 radical (unpaired) electrons. The normalized spacial score (nSPS) is 12.0. The van der Waals surface area contributed by atoms with Gasteiger partial charge in [0.05, 0.1) is 33.3 Å². The summed E-state index contributed by atoms with van der Waals surface area (Å²) in [6.45, 7) is 0. The van der Waals surface area contributed by atoms with Crippen LogP contribution in [0.2, 0.25) is 0 Å². The highest BCUT2D eigenvalue weighted by Gasteiger charge is 2.20. The van der Waals surface area contributed by atoms with E-state index in [0.717, 1.165) is 28.1 Å². The Balaban J connectivity index is 1.48. The van der Waals surface area contributed by atoms with Crippen molar-refractivity contribution < 1.29 is 0 Å². The number of hydrogen-bond donors (Lipinski definition) is 0. The molecule has 0 spiro atoms. The Hall–Kier alpha value is -5.48. The number of aromatic nitrogens is 4. The molecule has 0 unspecified atom stereocenters. The summed E-state index contributed by atoms with van der Waals surface area (Å²) in [6, 6.07) is 43.3. The van der Waals surface area contributed by atoms with Crippen LogP contribution in [-0.4, -0.2) is 18.9 Å². The van der Waals surface area contributed by atoms with Gasteiger partial charge in [0, 0.05) is 44.9 Å². The molecule has 4 heteroatoms. The predicted octanol–water partition coefficient (Wildman–Crippen LogP) is 8.95. The zero-order valence-corrected chi connectivity index (χ0v) is 21.5. The van der Waals surface area contributed by atoms with Gasteiger partial charge in [0.25, 0.3) is 0 Å². The summed E-state index contributed by atoms with van der Waals surface area (Å²) in [5.41, 5.74) is 7.94. The van der Waals surface area contributed by atoms with Crippen LogP contribution in [0.3, 0.4) is 0 Å². The van der Waals surface area contributed by atoms with E-state index >= 15 is 0 Å². The molecule has 4 nitrogen and oxygen atoms in total. The van der Waals surface area contributed by atoms with E-state index in [1.54, 1.807) is 0 Å². The highest BCUT2D eigenvalue weighted by atomic mass is 15.1. The molecule has 0 fully saturated rings. The van der Waals surface area contributed by atoms with Crippen molar-refractivity contribution in [3.8, 4) is 17.1 Å². The van der Waals surface area contributed by atoms with E-state index in [1.165, 1.54) is 48.9 Å². The predicted molar refractivity (Wildman–Crippen MR) is 165 cm³/mol. The molecule has 9 rings (SSSR count). The molecule has 0 amide bonds. The van der Waals surface area contributed by atoms with Gasteiger partial charge in [0.1, 0.15) is 5.82 Å². The number of rotatable bonds is 2. The molecule has 4 aromatic carbocycles. The van der Waals surface area contributed by atoms with Crippen LogP contribution in [0.4, 0.5) is 0 Å². The summed E-state index contributed by atoms with van der Waals surface area (Å²) >= 11 is 0. The van der Waals surface area contributed by atoms with E-state index in [0.29, 0.717) is 0 Å². The van der Waals surface area contributed by atoms with Crippen LogP contribution >= 0.6 is 0 Å². The summed E-state index contributed by atoms with van der Waals surface area (Å²) in [4.78, 5) is 9.32. The van der Waals surface area contributed by atoms with Crippen LogP contribution in [0.1, 0.15) is 0 Å². The van der Waals surface area contributed by atoms with Crippen molar-refractivity contribution in [2.45, 2.75) is 0 Å². The molecule has 40 heavy (non-hydrogen) atoms. The lowest BCUT2D eigenvalue weighted by atomic mass is 10.00. The van der Waals surface area contributed by atoms with Gasteiger partial charge < -0.3 is 4.40 Å². The summed E-state index contributed by atoms with van der Waals surface area (Å²) < 4.78 is 4.74. The number of para-hydroxylation sites is 2. The first-order valence-corrected chi connectivity index (χ1v) is 13.5. The Morgan fingerprint density at radius 2 is 1.18 bits per heavy atom. The number of nitrogens with zero attached hydrogens (tertiary/aromatic N) is 4. The van der Waals surface area contributed by atoms with E-state index in [9.17, 15) is 0 Å². The molecular weight excluding hydrogens is 488 g/mol. The monoisotopic (exact) mass is 510 g/mol. The molecule has 0 saturated heterocycles. The molecular formula is C36H22N4. The highest BCUT2D eigenvalue weighted by molar-refractivity contribution is 6.30. The maximum Gasteiger partial charge on any atom is 0.138 e. The minimum absolute atomic E-state index is 0.900. The van der Waals surface area contributed by atoms with Gasteiger partial charge in [-0.15, -0.1) is 0 Å². The van der Waals surface area contributed by atoms with Gasteiger partial charge in [0.2, 0.25) is 0 Å². The quantitative estimate of drug-likeness (QED) is 0.218. The summed E-state index contributed by atoms with van der Waals surface area (Å²) in [5.74, 6) is 0.900. The second kappa shape index (κ2) is 8.01. The lowest BCUT2D eigenvalue weighted by Crippen LogP contribution is -1.99. The van der Waals surface area contributed by atoms with Crippen LogP contribution < -0.4 is 0 Å². The van der Waals surface area contributed by atoms with E-state index in [1.807, 2.05) is 24.5 Å². The van der Waals surface area contributed by atoms with Crippen LogP contribution in [0.5, 0.6) is 0 Å². The van der Waals surface area contributed by atoms with Crippen molar-refractivity contribution in [1.29, 1.82) is 0 Å². The lowest BCUT2D eigenvalue weighted by molar-refractivity contribution is 1.08. The number of hydrogen-bond acceptors (Lipinski definition) is 2. The van der Waals surface area contributed by atoms with Crippen LogP contribution in [0, 0.1) is 0 Å². The summed E-state index contributed by atoms with van der Waals surface area (Å²) in [6.07, 6.45) is 3.63. The van der Waals surface area contributed by atoms with Crippen LogP contribution in [0.25, 0.3) is 77.0 Å². The number of fused-ring (bicyclic) bond motifs is 12. The summed E-state index contributed by atoms with van der Waals surface area (Å²) in [7, 11) is 0. The minimum atomic E-state index is 0.900. The zero-order valence-electron chi connectivity index (χ0n) is 21.5. The Bertz CT molecular complexity index is 2430. The van der Waals surface area contributed by atoms with Gasteiger partial charge in [0.15, 0.2) is 0 Å². The van der Waals surface area contributed by atoms with E-state index in [2.05, 4.69) is 123 Å². The van der Waals surface area contributed by atoms with Crippen molar-refractivity contribution in [1.82, 2.24) is 18.9 Å². The molecule has 5 aromatic heterocycles. The van der Waals surface area contributed by atoms with Gasteiger partial charge in [-0.1, -0.05) is 66.7 Å². The molecule has 0 aliphatic carbocycles. The highest BCUT2D eigenvalue weighted by Crippen LogP contribution is 2.42. The first kappa shape index (κ1) is 21.5. The van der Waals surface area contributed by atoms with Crippen molar-refractivity contribution in [3.63, 3.8) is 0 Å². The SMILES string of the molecule is c1cc(-c2ccncc2)nc(-n2c3ccccc3c3c4c5ccccc5c5cc6ccccc6n5c4ccc32)c1. The molecule has 0 saturated carbocycles. The second-order valence-corrected chi connectivity index (χ2v) is 10.3. The van der Waals surface area contributed by atoms with Gasteiger partial charge in [-0.25, -0.2) is 4.98 Å². The van der Waals surface area contributed by atoms with E-state index < -0.39 is 0 Å². The van der Waals surface area contributed by atoms with Crippen molar-refractivity contribution in [3.05, 3.63) is 134 Å². The third kappa shape index (κ3) is 2.85. The third-order valence-corrected chi connectivity index (χ3v) is 8.18. The number of benzene rings is 4. The summed E-state index contributed by atoms with van der Waals surface area (Å²) in [5, 5.41) is 7.51. The fourth-order valence-corrected chi connectivity index (χ4v) is 6.52. The fourth-order valence-electron chi connectivity index (χ4n) is 6.52. The van der Waals surface area contributed by atoms with Gasteiger partial charge in [-0.2, -0.15) is 0 Å². The van der Waals surface area contributed by atoms with Gasteiger partial charge in [-0.05, 0) is 60.0 Å². The van der Waals surface area contributed by atoms with Crippen molar-refractivity contribution >= 4 is 59.9 Å². The Kier molecular flexibility index (Phi) is 4.30. The largest absolute Gasteiger partial charge is 0.309 e. The Morgan fingerprint density at radius 3 is 2.05 bits per heavy atom. The van der Waals surface area contributed by atoms with Crippen LogP contribution in [0.15, 0.2) is 134 Å². The molecule has 5 heterocycles. The second-order valence-electron chi connectivity index (χ2n) is 10.3.